The molecule has 2 saturated carbocycles. The molecular weight excluding hydrogens is 504 g/mol. The van der Waals surface area contributed by atoms with Gasteiger partial charge in [-0.15, -0.1) is 0 Å². The third-order valence-electron chi connectivity index (χ3n) is 10.3. The van der Waals surface area contributed by atoms with Gasteiger partial charge >= 0.3 is 0 Å². The van der Waals surface area contributed by atoms with Gasteiger partial charge in [-0.25, -0.2) is 0 Å². The molecule has 226 valence electrons. The smallest absolute Gasteiger partial charge is 0.137 e. The van der Waals surface area contributed by atoms with Gasteiger partial charge in [0.1, 0.15) is 102 Å². The van der Waals surface area contributed by atoms with Crippen LogP contribution in [0.25, 0.3) is 0 Å². The van der Waals surface area contributed by atoms with Gasteiger partial charge in [0.25, 0.3) is 0 Å². The Morgan fingerprint density at radius 1 is 0.550 bits per heavy atom. The van der Waals surface area contributed by atoms with Gasteiger partial charge in [0, 0.05) is 0 Å². The first-order valence-electron chi connectivity index (χ1n) is 16.7. The number of benzene rings is 1. The molecule has 0 unspecified atom stereocenters. The maximum absolute atomic E-state index is 10.6. The molecule has 8 nitrogen and oxygen atoms in total. The van der Waals surface area contributed by atoms with Gasteiger partial charge in [-0.2, -0.15) is 0 Å². The van der Waals surface area contributed by atoms with Gasteiger partial charge in [0.05, 0.1) is 12.1 Å². The SMILES string of the molecule is O[C@H](COc1ccc(OC[C@@H](O)C[NH+]2CC[NH+](C3CCCCC3)CC2)cc1)C[NH+]1CC[NH+](C2CCCCC2)CC1. The van der Waals surface area contributed by atoms with Crippen LogP contribution in [0.2, 0.25) is 0 Å². The summed E-state index contributed by atoms with van der Waals surface area (Å²) in [7, 11) is 0. The molecule has 2 aliphatic carbocycles. The van der Waals surface area contributed by atoms with E-state index in [2.05, 4.69) is 0 Å². The predicted octanol–water partition coefficient (Wildman–Crippen LogP) is -2.60. The number of ether oxygens (including phenoxy) is 2. The van der Waals surface area contributed by atoms with E-state index in [9.17, 15) is 10.2 Å². The standard InChI is InChI=1S/C32H54N4O4/c37-29(23-33-15-19-35(20-16-33)27-7-3-1-4-8-27)25-39-31-11-13-32(14-12-31)40-26-30(38)24-34-17-21-36(22-18-34)28-9-5-2-6-10-28/h11-14,27-30,37-38H,1-10,15-26H2/p+4/t29-,30-/m0/s1. The van der Waals surface area contributed by atoms with E-state index in [1.165, 1.54) is 100 Å². The lowest BCUT2D eigenvalue weighted by molar-refractivity contribution is -1.02. The Morgan fingerprint density at radius 3 is 1.25 bits per heavy atom. The molecule has 2 atom stereocenters. The Kier molecular flexibility index (Phi) is 11.8. The second-order valence-corrected chi connectivity index (χ2v) is 13.3. The second kappa shape index (κ2) is 15.7. The van der Waals surface area contributed by atoms with E-state index in [1.54, 1.807) is 9.80 Å². The highest BCUT2D eigenvalue weighted by Crippen LogP contribution is 2.18. The van der Waals surface area contributed by atoms with Crippen molar-refractivity contribution in [1.82, 2.24) is 0 Å². The molecule has 0 bridgehead atoms. The van der Waals surface area contributed by atoms with Crippen molar-refractivity contribution >= 4 is 0 Å². The molecule has 1 aromatic carbocycles. The fourth-order valence-corrected chi connectivity index (χ4v) is 7.90. The number of quaternary nitrogens is 4. The van der Waals surface area contributed by atoms with Gasteiger partial charge in [-0.05, 0) is 75.6 Å². The lowest BCUT2D eigenvalue weighted by Crippen LogP contribution is -3.30. The first-order valence-corrected chi connectivity index (χ1v) is 16.7. The molecule has 2 heterocycles. The molecule has 6 N–H and O–H groups in total. The zero-order valence-corrected chi connectivity index (χ0v) is 24.9. The number of rotatable bonds is 12. The summed E-state index contributed by atoms with van der Waals surface area (Å²) in [5, 5.41) is 21.2. The molecular formula is C32H58N4O4+4. The molecule has 4 aliphatic rings. The number of aliphatic hydroxyl groups is 2. The van der Waals surface area contributed by atoms with E-state index >= 15 is 0 Å². The molecule has 1 aromatic rings. The van der Waals surface area contributed by atoms with Crippen LogP contribution in [0.5, 0.6) is 11.5 Å². The van der Waals surface area contributed by atoms with E-state index in [-0.39, 0.29) is 0 Å². The number of aliphatic hydroxyl groups excluding tert-OH is 2. The largest absolute Gasteiger partial charge is 0.491 e. The van der Waals surface area contributed by atoms with Crippen LogP contribution in [-0.2, 0) is 0 Å². The van der Waals surface area contributed by atoms with Crippen molar-refractivity contribution in [1.29, 1.82) is 0 Å². The van der Waals surface area contributed by atoms with Crippen molar-refractivity contribution in [2.45, 2.75) is 88.5 Å². The Labute approximate surface area is 242 Å². The third-order valence-corrected chi connectivity index (χ3v) is 10.3. The topological polar surface area (TPSA) is 76.7 Å². The van der Waals surface area contributed by atoms with Crippen LogP contribution in [0.15, 0.2) is 24.3 Å². The summed E-state index contributed by atoms with van der Waals surface area (Å²) in [6.07, 6.45) is 13.2. The zero-order chi connectivity index (χ0) is 27.6. The van der Waals surface area contributed by atoms with E-state index in [0.717, 1.165) is 62.9 Å². The fourth-order valence-electron chi connectivity index (χ4n) is 7.90. The minimum atomic E-state index is -0.453. The molecule has 0 spiro atoms. The summed E-state index contributed by atoms with van der Waals surface area (Å²) in [4.78, 5) is 6.62. The minimum Gasteiger partial charge on any atom is -0.491 e. The highest BCUT2D eigenvalue weighted by atomic mass is 16.5. The summed E-state index contributed by atoms with van der Waals surface area (Å²) in [5.74, 6) is 1.49. The normalized spacial score (nSPS) is 30.4. The molecule has 4 fully saturated rings. The average Bonchev–Trinajstić information content (AvgIpc) is 3.01. The molecule has 0 radical (unpaired) electrons. The Bertz CT molecular complexity index is 761. The van der Waals surface area contributed by atoms with Crippen LogP contribution in [0.3, 0.4) is 0 Å². The van der Waals surface area contributed by atoms with Crippen LogP contribution in [0.4, 0.5) is 0 Å². The number of nitrogens with one attached hydrogen (secondary N) is 4. The van der Waals surface area contributed by atoms with E-state index in [4.69, 9.17) is 9.47 Å². The second-order valence-electron chi connectivity index (χ2n) is 13.3. The van der Waals surface area contributed by atoms with Gasteiger partial charge in [0.2, 0.25) is 0 Å². The highest BCUT2D eigenvalue weighted by Gasteiger charge is 2.32. The summed E-state index contributed by atoms with van der Waals surface area (Å²) in [5.41, 5.74) is 0. The van der Waals surface area contributed by atoms with Crippen molar-refractivity contribution in [3.05, 3.63) is 24.3 Å². The van der Waals surface area contributed by atoms with Crippen LogP contribution in [0, 0.1) is 0 Å². The number of piperazine rings is 2. The van der Waals surface area contributed by atoms with Gasteiger partial charge in [0.15, 0.2) is 0 Å². The van der Waals surface area contributed by atoms with Crippen molar-refractivity contribution in [3.8, 4) is 11.5 Å². The Morgan fingerprint density at radius 2 is 0.900 bits per heavy atom. The zero-order valence-electron chi connectivity index (χ0n) is 24.9. The molecule has 40 heavy (non-hydrogen) atoms. The lowest BCUT2D eigenvalue weighted by Gasteiger charge is -2.36. The van der Waals surface area contributed by atoms with Crippen molar-refractivity contribution in [2.24, 2.45) is 0 Å². The summed E-state index contributed by atoms with van der Waals surface area (Å²) >= 11 is 0. The van der Waals surface area contributed by atoms with Gasteiger partial charge in [-0.3, -0.25) is 0 Å². The van der Waals surface area contributed by atoms with E-state index < -0.39 is 12.2 Å². The highest BCUT2D eigenvalue weighted by molar-refractivity contribution is 5.31. The minimum absolute atomic E-state index is 0.320. The maximum Gasteiger partial charge on any atom is 0.137 e. The molecule has 2 aliphatic heterocycles. The van der Waals surface area contributed by atoms with Crippen LogP contribution < -0.4 is 29.1 Å². The monoisotopic (exact) mass is 562 g/mol. The quantitative estimate of drug-likeness (QED) is 0.169. The van der Waals surface area contributed by atoms with Crippen molar-refractivity contribution in [2.75, 3.05) is 78.7 Å². The summed E-state index contributed by atoms with van der Waals surface area (Å²) in [6, 6.07) is 9.34. The first-order chi connectivity index (χ1) is 19.6. The fraction of sp³-hybridized carbons (Fsp3) is 0.812. The van der Waals surface area contributed by atoms with Gasteiger partial charge in [-0.1, -0.05) is 12.8 Å². The van der Waals surface area contributed by atoms with E-state index in [1.807, 2.05) is 24.3 Å². The number of hydrogen-bond acceptors (Lipinski definition) is 4. The van der Waals surface area contributed by atoms with Crippen molar-refractivity contribution < 1.29 is 39.3 Å². The molecule has 5 rings (SSSR count). The third kappa shape index (κ3) is 9.30. The van der Waals surface area contributed by atoms with Crippen LogP contribution in [-0.4, -0.2) is 113 Å². The molecule has 2 saturated heterocycles. The maximum atomic E-state index is 10.6. The Hall–Kier alpha value is -1.42. The first kappa shape index (κ1) is 30.1. The molecule has 0 amide bonds. The predicted molar refractivity (Wildman–Crippen MR) is 156 cm³/mol. The summed E-state index contributed by atoms with van der Waals surface area (Å²) < 4.78 is 11.8. The van der Waals surface area contributed by atoms with E-state index in [0.29, 0.717) is 13.2 Å². The number of hydrogen-bond donors (Lipinski definition) is 6. The summed E-state index contributed by atoms with van der Waals surface area (Å²) in [6.45, 7) is 11.7. The average molecular weight is 563 g/mol. The lowest BCUT2D eigenvalue weighted by atomic mass is 9.94. The molecule has 0 aromatic heterocycles. The van der Waals surface area contributed by atoms with Crippen LogP contribution in [0.1, 0.15) is 64.2 Å². The molecule has 8 heteroatoms. The Balaban J connectivity index is 0.928. The van der Waals surface area contributed by atoms with Crippen LogP contribution >= 0.6 is 0 Å². The van der Waals surface area contributed by atoms with Gasteiger partial charge < -0.3 is 39.3 Å². The van der Waals surface area contributed by atoms with Crippen molar-refractivity contribution in [3.63, 3.8) is 0 Å².